The fraction of sp³-hybridized carbons (Fsp3) is 0.0667. The van der Waals surface area contributed by atoms with Gasteiger partial charge in [0, 0.05) is 22.5 Å². The van der Waals surface area contributed by atoms with Crippen LogP contribution in [-0.4, -0.2) is 10.7 Å². The first-order valence-electron chi connectivity index (χ1n) is 5.85. The zero-order chi connectivity index (χ0) is 12.1. The van der Waals surface area contributed by atoms with Gasteiger partial charge in [-0.2, -0.15) is 0 Å². The van der Waals surface area contributed by atoms with E-state index >= 15 is 0 Å². The molecule has 3 nitrogen and oxygen atoms in total. The maximum absolute atomic E-state index is 5.89. The number of nitrogens with zero attached hydrogens (tertiary/aromatic N) is 2. The lowest BCUT2D eigenvalue weighted by molar-refractivity contribution is 0.653. The van der Waals surface area contributed by atoms with Gasteiger partial charge in [0.1, 0.15) is 5.58 Å². The second kappa shape index (κ2) is 3.29. The SMILES string of the molecule is C=CC1=NCc2ccc3c(oc4ncccc43)c21. The van der Waals surface area contributed by atoms with Crippen molar-refractivity contribution in [3.05, 3.63) is 54.2 Å². The molecule has 86 valence electrons. The molecular formula is C15H10N2O. The van der Waals surface area contributed by atoms with E-state index in [1.807, 2.05) is 12.1 Å². The monoisotopic (exact) mass is 234 g/mol. The Balaban J connectivity index is 2.21. The molecule has 3 heterocycles. The van der Waals surface area contributed by atoms with Crippen LogP contribution < -0.4 is 0 Å². The lowest BCUT2D eigenvalue weighted by atomic mass is 10.0. The standard InChI is InChI=1S/C15H10N2O/c1-2-12-13-9(8-17-12)5-6-10-11-4-3-7-16-15(11)18-14(10)13/h2-7H,1,8H2. The van der Waals surface area contributed by atoms with Crippen molar-refractivity contribution in [1.29, 1.82) is 0 Å². The largest absolute Gasteiger partial charge is 0.437 e. The molecule has 0 spiro atoms. The van der Waals surface area contributed by atoms with Crippen LogP contribution in [-0.2, 0) is 6.54 Å². The number of fused-ring (bicyclic) bond motifs is 5. The van der Waals surface area contributed by atoms with Gasteiger partial charge in [-0.1, -0.05) is 18.7 Å². The first-order valence-corrected chi connectivity index (χ1v) is 5.85. The Morgan fingerprint density at radius 2 is 2.17 bits per heavy atom. The summed E-state index contributed by atoms with van der Waals surface area (Å²) < 4.78 is 5.89. The maximum atomic E-state index is 5.89. The molecule has 4 rings (SSSR count). The molecule has 3 heteroatoms. The predicted octanol–water partition coefficient (Wildman–Crippen LogP) is 3.47. The summed E-state index contributed by atoms with van der Waals surface area (Å²) >= 11 is 0. The molecule has 0 saturated heterocycles. The van der Waals surface area contributed by atoms with E-state index in [0.29, 0.717) is 12.3 Å². The molecule has 1 aromatic carbocycles. The number of furan rings is 1. The number of aromatic nitrogens is 1. The number of benzene rings is 1. The summed E-state index contributed by atoms with van der Waals surface area (Å²) in [6, 6.07) is 8.15. The van der Waals surface area contributed by atoms with Crippen molar-refractivity contribution in [3.63, 3.8) is 0 Å². The van der Waals surface area contributed by atoms with Gasteiger partial charge >= 0.3 is 0 Å². The van der Waals surface area contributed by atoms with Gasteiger partial charge in [-0.05, 0) is 23.8 Å². The van der Waals surface area contributed by atoms with E-state index in [1.54, 1.807) is 12.3 Å². The van der Waals surface area contributed by atoms with Crippen molar-refractivity contribution in [2.24, 2.45) is 4.99 Å². The minimum Gasteiger partial charge on any atom is -0.437 e. The number of rotatable bonds is 1. The van der Waals surface area contributed by atoms with Gasteiger partial charge in [0.2, 0.25) is 5.71 Å². The fourth-order valence-electron chi connectivity index (χ4n) is 2.54. The van der Waals surface area contributed by atoms with E-state index in [0.717, 1.165) is 27.6 Å². The van der Waals surface area contributed by atoms with Crippen LogP contribution in [0.1, 0.15) is 11.1 Å². The van der Waals surface area contributed by atoms with E-state index in [1.165, 1.54) is 5.56 Å². The summed E-state index contributed by atoms with van der Waals surface area (Å²) in [5.41, 5.74) is 4.72. The molecular weight excluding hydrogens is 224 g/mol. The molecule has 0 bridgehead atoms. The van der Waals surface area contributed by atoms with Gasteiger partial charge in [0.15, 0.2) is 0 Å². The van der Waals surface area contributed by atoms with E-state index in [-0.39, 0.29) is 0 Å². The second-order valence-corrected chi connectivity index (χ2v) is 4.34. The fourth-order valence-corrected chi connectivity index (χ4v) is 2.54. The predicted molar refractivity (Wildman–Crippen MR) is 72.0 cm³/mol. The highest BCUT2D eigenvalue weighted by molar-refractivity contribution is 6.20. The van der Waals surface area contributed by atoms with Crippen LogP contribution in [0.2, 0.25) is 0 Å². The number of hydrogen-bond acceptors (Lipinski definition) is 3. The Morgan fingerprint density at radius 1 is 1.22 bits per heavy atom. The average Bonchev–Trinajstić information content (AvgIpc) is 2.98. The van der Waals surface area contributed by atoms with Gasteiger partial charge in [-0.15, -0.1) is 0 Å². The number of hydrogen-bond donors (Lipinski definition) is 0. The third-order valence-electron chi connectivity index (χ3n) is 3.37. The van der Waals surface area contributed by atoms with Crippen LogP contribution in [0.3, 0.4) is 0 Å². The van der Waals surface area contributed by atoms with E-state index < -0.39 is 0 Å². The topological polar surface area (TPSA) is 38.4 Å². The Hall–Kier alpha value is -2.42. The first kappa shape index (κ1) is 9.59. The molecule has 1 aliphatic heterocycles. The molecule has 0 unspecified atom stereocenters. The van der Waals surface area contributed by atoms with Crippen molar-refractivity contribution >= 4 is 27.8 Å². The maximum Gasteiger partial charge on any atom is 0.227 e. The summed E-state index contributed by atoms with van der Waals surface area (Å²) in [5.74, 6) is 0. The first-order chi connectivity index (χ1) is 8.88. The van der Waals surface area contributed by atoms with Crippen molar-refractivity contribution in [3.8, 4) is 0 Å². The van der Waals surface area contributed by atoms with Gasteiger partial charge in [-0.25, -0.2) is 4.98 Å². The second-order valence-electron chi connectivity index (χ2n) is 4.34. The highest BCUT2D eigenvalue weighted by atomic mass is 16.3. The molecule has 2 aromatic heterocycles. The summed E-state index contributed by atoms with van der Waals surface area (Å²) in [6.45, 7) is 4.52. The van der Waals surface area contributed by atoms with Crippen LogP contribution in [0.4, 0.5) is 0 Å². The third-order valence-corrected chi connectivity index (χ3v) is 3.37. The van der Waals surface area contributed by atoms with Crippen LogP contribution >= 0.6 is 0 Å². The average molecular weight is 234 g/mol. The van der Waals surface area contributed by atoms with Crippen molar-refractivity contribution < 1.29 is 4.42 Å². The summed E-state index contributed by atoms with van der Waals surface area (Å²) in [6.07, 6.45) is 3.53. The van der Waals surface area contributed by atoms with Crippen molar-refractivity contribution in [2.45, 2.75) is 6.54 Å². The zero-order valence-electron chi connectivity index (χ0n) is 9.68. The highest BCUT2D eigenvalue weighted by Gasteiger charge is 2.20. The third kappa shape index (κ3) is 1.08. The summed E-state index contributed by atoms with van der Waals surface area (Å²) in [5, 5.41) is 2.14. The molecule has 1 aliphatic rings. The molecule has 18 heavy (non-hydrogen) atoms. The molecule has 0 atom stereocenters. The molecule has 3 aromatic rings. The Labute approximate surface area is 103 Å². The van der Waals surface area contributed by atoms with Gasteiger partial charge in [0.25, 0.3) is 0 Å². The van der Waals surface area contributed by atoms with Crippen LogP contribution in [0.15, 0.2) is 52.5 Å². The Morgan fingerprint density at radius 3 is 3.06 bits per heavy atom. The molecule has 0 amide bonds. The Kier molecular flexibility index (Phi) is 1.75. The lowest BCUT2D eigenvalue weighted by Crippen LogP contribution is -1.93. The van der Waals surface area contributed by atoms with E-state index in [2.05, 4.69) is 28.7 Å². The normalized spacial score (nSPS) is 13.9. The molecule has 0 fully saturated rings. The lowest BCUT2D eigenvalue weighted by Gasteiger charge is -1.99. The molecule has 0 saturated carbocycles. The quantitative estimate of drug-likeness (QED) is 0.646. The van der Waals surface area contributed by atoms with Crippen molar-refractivity contribution in [1.82, 2.24) is 4.98 Å². The smallest absolute Gasteiger partial charge is 0.227 e. The highest BCUT2D eigenvalue weighted by Crippen LogP contribution is 2.34. The minimum absolute atomic E-state index is 0.677. The minimum atomic E-state index is 0.677. The van der Waals surface area contributed by atoms with E-state index in [9.17, 15) is 0 Å². The van der Waals surface area contributed by atoms with Gasteiger partial charge < -0.3 is 4.42 Å². The number of pyridine rings is 1. The van der Waals surface area contributed by atoms with E-state index in [4.69, 9.17) is 4.42 Å². The number of aliphatic imine (C=N–C) groups is 1. The van der Waals surface area contributed by atoms with Gasteiger partial charge in [0.05, 0.1) is 12.3 Å². The van der Waals surface area contributed by atoms with Crippen LogP contribution in [0, 0.1) is 0 Å². The van der Waals surface area contributed by atoms with Crippen LogP contribution in [0.25, 0.3) is 22.1 Å². The van der Waals surface area contributed by atoms with Gasteiger partial charge in [-0.3, -0.25) is 4.99 Å². The van der Waals surface area contributed by atoms with Crippen molar-refractivity contribution in [2.75, 3.05) is 0 Å². The summed E-state index contributed by atoms with van der Waals surface area (Å²) in [4.78, 5) is 8.72. The molecule has 0 radical (unpaired) electrons. The summed E-state index contributed by atoms with van der Waals surface area (Å²) in [7, 11) is 0. The molecule has 0 aliphatic carbocycles. The zero-order valence-corrected chi connectivity index (χ0v) is 9.68. The molecule has 0 N–H and O–H groups in total. The Bertz CT molecular complexity index is 827. The number of allylic oxidation sites excluding steroid dienone is 1. The van der Waals surface area contributed by atoms with Crippen LogP contribution in [0.5, 0.6) is 0 Å².